The lowest BCUT2D eigenvalue weighted by Crippen LogP contribution is -2.19. The fourth-order valence-corrected chi connectivity index (χ4v) is 1.51. The molecule has 0 unspecified atom stereocenters. The molecule has 0 aliphatic heterocycles. The van der Waals surface area contributed by atoms with E-state index >= 15 is 0 Å². The van der Waals surface area contributed by atoms with Gasteiger partial charge >= 0.3 is 12.3 Å². The number of carbonyl (C=O) groups excluding carboxylic acids is 1. The van der Waals surface area contributed by atoms with E-state index in [1.807, 2.05) is 0 Å². The van der Waals surface area contributed by atoms with Crippen molar-refractivity contribution in [2.75, 3.05) is 0 Å². The number of hydrogen-bond donors (Lipinski definition) is 0. The van der Waals surface area contributed by atoms with Gasteiger partial charge in [-0.25, -0.2) is 4.79 Å². The van der Waals surface area contributed by atoms with Crippen LogP contribution in [0.4, 0.5) is 13.2 Å². The van der Waals surface area contributed by atoms with Gasteiger partial charge in [0, 0.05) is 5.57 Å². The first kappa shape index (κ1) is 17.0. The lowest BCUT2D eigenvalue weighted by molar-refractivity contribution is -0.303. The first-order valence-corrected chi connectivity index (χ1v) is 6.33. The number of esters is 1. The van der Waals surface area contributed by atoms with Crippen molar-refractivity contribution in [2.24, 2.45) is 0 Å². The molecule has 0 N–H and O–H groups in total. The Labute approximate surface area is 106 Å². The molecule has 0 aromatic rings. The lowest BCUT2D eigenvalue weighted by atomic mass is 10.1. The Balaban J connectivity index is 3.74. The van der Waals surface area contributed by atoms with E-state index in [-0.39, 0.29) is 5.57 Å². The molecule has 0 fully saturated rings. The predicted octanol–water partition coefficient (Wildman–Crippen LogP) is 4.75. The quantitative estimate of drug-likeness (QED) is 0.360. The summed E-state index contributed by atoms with van der Waals surface area (Å²) in [6.07, 6.45) is 3.88. The van der Waals surface area contributed by atoms with Crippen molar-refractivity contribution in [3.63, 3.8) is 0 Å². The first-order valence-electron chi connectivity index (χ1n) is 6.33. The SMILES string of the molecule is CCCCCCCCC=C(C)C(=O)OC(F)(F)F. The fourth-order valence-electron chi connectivity index (χ4n) is 1.51. The third-order valence-electron chi connectivity index (χ3n) is 2.54. The number of alkyl halides is 3. The summed E-state index contributed by atoms with van der Waals surface area (Å²) in [5.74, 6) is -1.31. The molecule has 0 heterocycles. The molecule has 0 aromatic heterocycles. The Hall–Kier alpha value is -1.00. The minimum absolute atomic E-state index is 0.0147. The standard InChI is InChI=1S/C13H21F3O2/c1-3-4-5-6-7-8-9-10-11(2)12(17)18-13(14,15)16/h10H,3-9H2,1-2H3. The van der Waals surface area contributed by atoms with E-state index in [9.17, 15) is 18.0 Å². The van der Waals surface area contributed by atoms with Crippen LogP contribution >= 0.6 is 0 Å². The van der Waals surface area contributed by atoms with Crippen molar-refractivity contribution in [1.82, 2.24) is 0 Å². The molecule has 0 aromatic carbocycles. The summed E-state index contributed by atoms with van der Waals surface area (Å²) < 4.78 is 38.6. The number of unbranched alkanes of at least 4 members (excludes halogenated alkanes) is 6. The van der Waals surface area contributed by atoms with Crippen LogP contribution in [0.1, 0.15) is 58.8 Å². The second-order valence-electron chi connectivity index (χ2n) is 4.28. The topological polar surface area (TPSA) is 26.3 Å². The van der Waals surface area contributed by atoms with Crippen LogP contribution in [-0.2, 0) is 9.53 Å². The van der Waals surface area contributed by atoms with Crippen LogP contribution in [0.25, 0.3) is 0 Å². The van der Waals surface area contributed by atoms with Crippen molar-refractivity contribution in [3.8, 4) is 0 Å². The highest BCUT2D eigenvalue weighted by molar-refractivity contribution is 5.87. The van der Waals surface area contributed by atoms with Crippen molar-refractivity contribution in [2.45, 2.75) is 65.2 Å². The van der Waals surface area contributed by atoms with E-state index in [1.165, 1.54) is 32.3 Å². The molecule has 0 bridgehead atoms. The average molecular weight is 266 g/mol. The molecule has 106 valence electrons. The molecule has 0 aliphatic rings. The number of carbonyl (C=O) groups is 1. The zero-order valence-corrected chi connectivity index (χ0v) is 11.0. The molecule has 0 aliphatic carbocycles. The molecule has 0 rings (SSSR count). The van der Waals surface area contributed by atoms with E-state index in [2.05, 4.69) is 11.7 Å². The molecule has 0 saturated heterocycles. The number of hydrogen-bond acceptors (Lipinski definition) is 2. The molecule has 18 heavy (non-hydrogen) atoms. The summed E-state index contributed by atoms with van der Waals surface area (Å²) in [7, 11) is 0. The highest BCUT2D eigenvalue weighted by Crippen LogP contribution is 2.18. The van der Waals surface area contributed by atoms with Crippen molar-refractivity contribution in [3.05, 3.63) is 11.6 Å². The summed E-state index contributed by atoms with van der Waals surface area (Å²) in [5, 5.41) is 0. The molecule has 5 heteroatoms. The molecule has 0 amide bonds. The molecule has 0 spiro atoms. The van der Waals surface area contributed by atoms with E-state index < -0.39 is 12.3 Å². The molecule has 0 saturated carbocycles. The maximum atomic E-state index is 11.8. The Morgan fingerprint density at radius 2 is 1.67 bits per heavy atom. The van der Waals surface area contributed by atoms with Crippen LogP contribution in [0, 0.1) is 0 Å². The highest BCUT2D eigenvalue weighted by Gasteiger charge is 2.34. The van der Waals surface area contributed by atoms with Gasteiger partial charge in [-0.15, -0.1) is 13.2 Å². The maximum absolute atomic E-state index is 11.8. The van der Waals surface area contributed by atoms with E-state index in [1.54, 1.807) is 0 Å². The van der Waals surface area contributed by atoms with Gasteiger partial charge in [0.25, 0.3) is 0 Å². The number of allylic oxidation sites excluding steroid dienone is 1. The van der Waals surface area contributed by atoms with Gasteiger partial charge in [0.05, 0.1) is 0 Å². The highest BCUT2D eigenvalue weighted by atomic mass is 19.4. The van der Waals surface area contributed by atoms with E-state index in [0.717, 1.165) is 19.3 Å². The van der Waals surface area contributed by atoms with Gasteiger partial charge in [-0.2, -0.15) is 0 Å². The smallest absolute Gasteiger partial charge is 0.369 e. The van der Waals surface area contributed by atoms with Crippen LogP contribution in [0.5, 0.6) is 0 Å². The Morgan fingerprint density at radius 1 is 1.11 bits per heavy atom. The minimum atomic E-state index is -4.90. The second kappa shape index (κ2) is 9.00. The summed E-state index contributed by atoms with van der Waals surface area (Å²) in [6.45, 7) is 3.48. The molecule has 0 radical (unpaired) electrons. The molecular weight excluding hydrogens is 245 g/mol. The Morgan fingerprint density at radius 3 is 2.22 bits per heavy atom. The van der Waals surface area contributed by atoms with Crippen LogP contribution in [0.2, 0.25) is 0 Å². The van der Waals surface area contributed by atoms with E-state index in [0.29, 0.717) is 6.42 Å². The number of halogens is 3. The second-order valence-corrected chi connectivity index (χ2v) is 4.28. The van der Waals surface area contributed by atoms with Crippen molar-refractivity contribution in [1.29, 1.82) is 0 Å². The van der Waals surface area contributed by atoms with Gasteiger partial charge in [0.1, 0.15) is 0 Å². The van der Waals surface area contributed by atoms with Crippen molar-refractivity contribution >= 4 is 5.97 Å². The van der Waals surface area contributed by atoms with E-state index in [4.69, 9.17) is 0 Å². The third-order valence-corrected chi connectivity index (χ3v) is 2.54. The molecule has 0 atom stereocenters. The predicted molar refractivity (Wildman–Crippen MR) is 63.9 cm³/mol. The van der Waals surface area contributed by atoms with Gasteiger partial charge in [-0.3, -0.25) is 0 Å². The normalized spacial score (nSPS) is 12.6. The van der Waals surface area contributed by atoms with Crippen LogP contribution < -0.4 is 0 Å². The average Bonchev–Trinajstić information content (AvgIpc) is 2.25. The van der Waals surface area contributed by atoms with Crippen LogP contribution in [-0.4, -0.2) is 12.3 Å². The molecule has 2 nitrogen and oxygen atoms in total. The van der Waals surface area contributed by atoms with Gasteiger partial charge in [0.2, 0.25) is 0 Å². The van der Waals surface area contributed by atoms with Crippen molar-refractivity contribution < 1.29 is 22.7 Å². The Bertz CT molecular complexity index is 270. The third kappa shape index (κ3) is 10.2. The lowest BCUT2D eigenvalue weighted by Gasteiger charge is -2.07. The maximum Gasteiger partial charge on any atom is 0.575 e. The van der Waals surface area contributed by atoms with Gasteiger partial charge in [-0.1, -0.05) is 45.1 Å². The number of rotatable bonds is 8. The van der Waals surface area contributed by atoms with Gasteiger partial charge < -0.3 is 4.74 Å². The Kier molecular flexibility index (Phi) is 8.50. The zero-order valence-electron chi connectivity index (χ0n) is 11.0. The monoisotopic (exact) mass is 266 g/mol. The fraction of sp³-hybridized carbons (Fsp3) is 0.769. The summed E-state index contributed by atoms with van der Waals surface area (Å²) in [5.41, 5.74) is 0.0147. The van der Waals surface area contributed by atoms with Gasteiger partial charge in [-0.05, 0) is 19.8 Å². The summed E-state index contributed by atoms with van der Waals surface area (Å²) in [6, 6.07) is 0. The summed E-state index contributed by atoms with van der Waals surface area (Å²) in [4.78, 5) is 11.0. The molecular formula is C13H21F3O2. The van der Waals surface area contributed by atoms with Gasteiger partial charge in [0.15, 0.2) is 0 Å². The largest absolute Gasteiger partial charge is 0.575 e. The zero-order chi connectivity index (χ0) is 14.0. The van der Waals surface area contributed by atoms with Crippen LogP contribution in [0.3, 0.4) is 0 Å². The minimum Gasteiger partial charge on any atom is -0.369 e. The number of ether oxygens (including phenoxy) is 1. The summed E-state index contributed by atoms with van der Waals surface area (Å²) >= 11 is 0. The first-order chi connectivity index (χ1) is 8.37. The van der Waals surface area contributed by atoms with Crippen LogP contribution in [0.15, 0.2) is 11.6 Å².